The standard InChI is InChI=1S/C18H23N3O4/c1-11(2)18(5,10-19)21-16(23)12(3)25-17(24)14-6-8-15(9-7-14)20-13(4)22/h6-9,11-12H,1-5H3,(H,20,22)(H,21,23)/t12-,18-/m0/s1. The third-order valence-corrected chi connectivity index (χ3v) is 3.86. The van der Waals surface area contributed by atoms with Crippen LogP contribution in [0.25, 0.3) is 0 Å². The SMILES string of the molecule is CC(=O)Nc1ccc(C(=O)O[C@@H](C)C(=O)N[C@@](C)(C#N)C(C)C)cc1. The van der Waals surface area contributed by atoms with Crippen molar-refractivity contribution in [3.63, 3.8) is 0 Å². The third-order valence-electron chi connectivity index (χ3n) is 3.86. The van der Waals surface area contributed by atoms with Gasteiger partial charge in [-0.15, -0.1) is 0 Å². The molecule has 0 aliphatic heterocycles. The fraction of sp³-hybridized carbons (Fsp3) is 0.444. The highest BCUT2D eigenvalue weighted by Gasteiger charge is 2.32. The van der Waals surface area contributed by atoms with Gasteiger partial charge in [-0.2, -0.15) is 5.26 Å². The lowest BCUT2D eigenvalue weighted by Gasteiger charge is -2.28. The van der Waals surface area contributed by atoms with E-state index in [4.69, 9.17) is 4.74 Å². The van der Waals surface area contributed by atoms with Gasteiger partial charge in [0, 0.05) is 12.6 Å². The molecule has 0 bridgehead atoms. The van der Waals surface area contributed by atoms with Crippen molar-refractivity contribution in [2.45, 2.75) is 46.3 Å². The maximum absolute atomic E-state index is 12.2. The summed E-state index contributed by atoms with van der Waals surface area (Å²) in [5.74, 6) is -1.53. The first-order valence-electron chi connectivity index (χ1n) is 7.91. The Morgan fingerprint density at radius 2 is 1.72 bits per heavy atom. The summed E-state index contributed by atoms with van der Waals surface area (Å²) in [4.78, 5) is 35.3. The second-order valence-corrected chi connectivity index (χ2v) is 6.26. The molecule has 1 aromatic rings. The zero-order valence-electron chi connectivity index (χ0n) is 15.0. The van der Waals surface area contributed by atoms with Crippen molar-refractivity contribution in [3.8, 4) is 6.07 Å². The van der Waals surface area contributed by atoms with Gasteiger partial charge in [-0.25, -0.2) is 4.79 Å². The Balaban J connectivity index is 2.71. The van der Waals surface area contributed by atoms with Crippen molar-refractivity contribution >= 4 is 23.5 Å². The number of rotatable bonds is 6. The Morgan fingerprint density at radius 1 is 1.16 bits per heavy atom. The second kappa shape index (κ2) is 8.29. The van der Waals surface area contributed by atoms with Crippen LogP contribution in [0.4, 0.5) is 5.69 Å². The van der Waals surface area contributed by atoms with E-state index in [1.54, 1.807) is 19.1 Å². The predicted octanol–water partition coefficient (Wildman–Crippen LogP) is 2.24. The molecule has 134 valence electrons. The number of amides is 2. The zero-order valence-corrected chi connectivity index (χ0v) is 15.0. The molecular formula is C18H23N3O4. The summed E-state index contributed by atoms with van der Waals surface area (Å²) in [6.07, 6.45) is -1.05. The number of anilines is 1. The molecule has 0 saturated carbocycles. The molecule has 0 heterocycles. The largest absolute Gasteiger partial charge is 0.449 e. The molecule has 0 saturated heterocycles. The van der Waals surface area contributed by atoms with E-state index < -0.39 is 23.5 Å². The molecule has 0 aromatic heterocycles. The summed E-state index contributed by atoms with van der Waals surface area (Å²) in [6, 6.07) is 8.17. The molecule has 7 nitrogen and oxygen atoms in total. The number of nitrogens with zero attached hydrogens (tertiary/aromatic N) is 1. The normalized spacial score (nSPS) is 14.0. The maximum atomic E-state index is 12.2. The van der Waals surface area contributed by atoms with Gasteiger partial charge < -0.3 is 15.4 Å². The minimum absolute atomic E-state index is 0.106. The Bertz CT molecular complexity index is 691. The van der Waals surface area contributed by atoms with Gasteiger partial charge in [0.05, 0.1) is 11.6 Å². The molecule has 2 N–H and O–H groups in total. The van der Waals surface area contributed by atoms with Crippen LogP contribution in [0.3, 0.4) is 0 Å². The minimum atomic E-state index is -1.05. The van der Waals surface area contributed by atoms with Crippen LogP contribution in [0, 0.1) is 17.2 Å². The highest BCUT2D eigenvalue weighted by Crippen LogP contribution is 2.16. The van der Waals surface area contributed by atoms with Gasteiger partial charge >= 0.3 is 5.97 Å². The van der Waals surface area contributed by atoms with Gasteiger partial charge in [-0.05, 0) is 44.0 Å². The van der Waals surface area contributed by atoms with E-state index in [0.717, 1.165) is 0 Å². The molecule has 0 unspecified atom stereocenters. The number of benzene rings is 1. The van der Waals surface area contributed by atoms with Crippen molar-refractivity contribution < 1.29 is 19.1 Å². The molecule has 2 amide bonds. The Kier molecular flexibility index (Phi) is 6.68. The third kappa shape index (κ3) is 5.60. The van der Waals surface area contributed by atoms with Crippen LogP contribution in [-0.4, -0.2) is 29.4 Å². The molecule has 0 spiro atoms. The first kappa shape index (κ1) is 20.2. The summed E-state index contributed by atoms with van der Waals surface area (Å²) in [5.41, 5.74) is -0.241. The second-order valence-electron chi connectivity index (χ2n) is 6.26. The van der Waals surface area contributed by atoms with Crippen LogP contribution < -0.4 is 10.6 Å². The summed E-state index contributed by atoms with van der Waals surface area (Å²) in [5, 5.41) is 14.4. The van der Waals surface area contributed by atoms with Crippen LogP contribution in [0.1, 0.15) is 45.0 Å². The van der Waals surface area contributed by atoms with E-state index in [0.29, 0.717) is 5.69 Å². The van der Waals surface area contributed by atoms with Crippen LogP contribution >= 0.6 is 0 Å². The van der Waals surface area contributed by atoms with Crippen LogP contribution in [0.5, 0.6) is 0 Å². The fourth-order valence-electron chi connectivity index (χ4n) is 1.83. The van der Waals surface area contributed by atoms with Gasteiger partial charge in [0.1, 0.15) is 5.54 Å². The number of esters is 1. The number of ether oxygens (including phenoxy) is 1. The van der Waals surface area contributed by atoms with E-state index in [-0.39, 0.29) is 17.4 Å². The summed E-state index contributed by atoms with van der Waals surface area (Å²) in [7, 11) is 0. The number of nitrogens with one attached hydrogen (secondary N) is 2. The first-order valence-corrected chi connectivity index (χ1v) is 7.91. The molecule has 0 aliphatic carbocycles. The Hall–Kier alpha value is -2.88. The van der Waals surface area contributed by atoms with Gasteiger partial charge in [-0.3, -0.25) is 9.59 Å². The van der Waals surface area contributed by atoms with Gasteiger partial charge in [0.25, 0.3) is 5.91 Å². The first-order chi connectivity index (χ1) is 11.6. The van der Waals surface area contributed by atoms with E-state index in [1.807, 2.05) is 13.8 Å². The monoisotopic (exact) mass is 345 g/mol. The Labute approximate surface area is 147 Å². The number of hydrogen-bond donors (Lipinski definition) is 2. The van der Waals surface area contributed by atoms with Gasteiger partial charge in [0.2, 0.25) is 5.91 Å². The molecule has 25 heavy (non-hydrogen) atoms. The highest BCUT2D eigenvalue weighted by molar-refractivity contribution is 5.94. The molecule has 0 radical (unpaired) electrons. The van der Waals surface area contributed by atoms with E-state index in [1.165, 1.54) is 26.0 Å². The lowest BCUT2D eigenvalue weighted by molar-refractivity contribution is -0.130. The number of carbonyl (C=O) groups excluding carboxylic acids is 3. The van der Waals surface area contributed by atoms with Crippen LogP contribution in [0.2, 0.25) is 0 Å². The van der Waals surface area contributed by atoms with E-state index >= 15 is 0 Å². The lowest BCUT2D eigenvalue weighted by atomic mass is 9.90. The average molecular weight is 345 g/mol. The molecule has 0 aliphatic rings. The molecule has 2 atom stereocenters. The maximum Gasteiger partial charge on any atom is 0.338 e. The van der Waals surface area contributed by atoms with Gasteiger partial charge in [0.15, 0.2) is 6.10 Å². The van der Waals surface area contributed by atoms with Crippen molar-refractivity contribution in [1.82, 2.24) is 5.32 Å². The summed E-state index contributed by atoms with van der Waals surface area (Å²) >= 11 is 0. The van der Waals surface area contributed by atoms with Crippen molar-refractivity contribution in [2.75, 3.05) is 5.32 Å². The smallest absolute Gasteiger partial charge is 0.338 e. The summed E-state index contributed by atoms with van der Waals surface area (Å²) in [6.45, 7) is 8.07. The molecule has 1 rings (SSSR count). The van der Waals surface area contributed by atoms with Crippen molar-refractivity contribution in [2.24, 2.45) is 5.92 Å². The number of nitriles is 1. The van der Waals surface area contributed by atoms with Crippen molar-refractivity contribution in [3.05, 3.63) is 29.8 Å². The lowest BCUT2D eigenvalue weighted by Crippen LogP contribution is -2.52. The molecule has 7 heteroatoms. The van der Waals surface area contributed by atoms with Crippen LogP contribution in [0.15, 0.2) is 24.3 Å². The Morgan fingerprint density at radius 3 is 2.16 bits per heavy atom. The van der Waals surface area contributed by atoms with Crippen LogP contribution in [-0.2, 0) is 14.3 Å². The molecular weight excluding hydrogens is 322 g/mol. The average Bonchev–Trinajstić information content (AvgIpc) is 2.54. The van der Waals surface area contributed by atoms with E-state index in [9.17, 15) is 19.6 Å². The minimum Gasteiger partial charge on any atom is -0.449 e. The van der Waals surface area contributed by atoms with Crippen molar-refractivity contribution in [1.29, 1.82) is 5.26 Å². The zero-order chi connectivity index (χ0) is 19.2. The number of hydrogen-bond acceptors (Lipinski definition) is 5. The van der Waals surface area contributed by atoms with E-state index in [2.05, 4.69) is 16.7 Å². The molecule has 1 aromatic carbocycles. The quantitative estimate of drug-likeness (QED) is 0.769. The highest BCUT2D eigenvalue weighted by atomic mass is 16.5. The topological polar surface area (TPSA) is 108 Å². The number of carbonyl (C=O) groups is 3. The predicted molar refractivity (Wildman–Crippen MR) is 92.6 cm³/mol. The van der Waals surface area contributed by atoms with Gasteiger partial charge in [-0.1, -0.05) is 13.8 Å². The summed E-state index contributed by atoms with van der Waals surface area (Å²) < 4.78 is 5.14. The fourth-order valence-corrected chi connectivity index (χ4v) is 1.83. The molecule has 0 fully saturated rings.